The second kappa shape index (κ2) is 7.27. The molecule has 3 atom stereocenters. The molecule has 2 amide bonds. The van der Waals surface area contributed by atoms with Gasteiger partial charge in [-0.05, 0) is 43.7 Å². The molecule has 0 aromatic heterocycles. The maximum absolute atomic E-state index is 12.4. The van der Waals surface area contributed by atoms with Gasteiger partial charge in [0.1, 0.15) is 0 Å². The summed E-state index contributed by atoms with van der Waals surface area (Å²) in [5, 5.41) is 2.96. The van der Waals surface area contributed by atoms with Gasteiger partial charge in [-0.3, -0.25) is 4.21 Å². The van der Waals surface area contributed by atoms with Crippen LogP contribution in [-0.4, -0.2) is 40.0 Å². The van der Waals surface area contributed by atoms with Crippen LogP contribution in [0, 0.1) is 5.92 Å². The molecule has 4 nitrogen and oxygen atoms in total. The minimum atomic E-state index is -1.04. The van der Waals surface area contributed by atoms with Gasteiger partial charge < -0.3 is 10.2 Å². The molecule has 1 aromatic carbocycles. The fourth-order valence-electron chi connectivity index (χ4n) is 3.75. The van der Waals surface area contributed by atoms with Crippen LogP contribution in [0.2, 0.25) is 0 Å². The van der Waals surface area contributed by atoms with E-state index < -0.39 is 10.8 Å². The first-order chi connectivity index (χ1) is 10.8. The highest BCUT2D eigenvalue weighted by molar-refractivity contribution is 7.85. The molecule has 1 saturated heterocycles. The van der Waals surface area contributed by atoms with E-state index in [1.165, 1.54) is 19.3 Å². The number of hydrogen-bond donors (Lipinski definition) is 1. The third-order valence-electron chi connectivity index (χ3n) is 4.82. The predicted octanol–water partition coefficient (Wildman–Crippen LogP) is 2.77. The SMILES string of the molecule is O=C(NCC[S@@](=O)c1ccccc1)N1CCC[C@H]2CCC[C@H]21. The van der Waals surface area contributed by atoms with Gasteiger partial charge in [0.2, 0.25) is 0 Å². The Labute approximate surface area is 134 Å². The normalized spacial score (nSPS) is 25.5. The lowest BCUT2D eigenvalue weighted by molar-refractivity contribution is 0.129. The fourth-order valence-corrected chi connectivity index (χ4v) is 4.73. The Hall–Kier alpha value is -1.36. The number of rotatable bonds is 4. The third kappa shape index (κ3) is 3.51. The van der Waals surface area contributed by atoms with Gasteiger partial charge in [-0.25, -0.2) is 4.79 Å². The minimum Gasteiger partial charge on any atom is -0.337 e. The molecule has 1 aliphatic carbocycles. The fraction of sp³-hybridized carbons (Fsp3) is 0.588. The van der Waals surface area contributed by atoms with Gasteiger partial charge in [-0.15, -0.1) is 0 Å². The molecule has 0 spiro atoms. The molecule has 0 radical (unpaired) electrons. The summed E-state index contributed by atoms with van der Waals surface area (Å²) in [6, 6.07) is 9.89. The number of likely N-dealkylation sites (tertiary alicyclic amines) is 1. The average Bonchev–Trinajstić information content (AvgIpc) is 3.04. The Morgan fingerprint density at radius 2 is 1.95 bits per heavy atom. The molecular formula is C17H24N2O2S. The Kier molecular flexibility index (Phi) is 5.13. The van der Waals surface area contributed by atoms with Crippen LogP contribution in [0.3, 0.4) is 0 Å². The average molecular weight is 320 g/mol. The van der Waals surface area contributed by atoms with Crippen LogP contribution in [0.1, 0.15) is 32.1 Å². The summed E-state index contributed by atoms with van der Waals surface area (Å²) >= 11 is 0. The molecule has 0 bridgehead atoms. The number of piperidine rings is 1. The first-order valence-corrected chi connectivity index (χ1v) is 9.55. The molecule has 0 unspecified atom stereocenters. The lowest BCUT2D eigenvalue weighted by Crippen LogP contribution is -2.51. The highest BCUT2D eigenvalue weighted by Crippen LogP contribution is 2.36. The minimum absolute atomic E-state index is 0.0293. The van der Waals surface area contributed by atoms with Crippen LogP contribution in [0.4, 0.5) is 4.79 Å². The third-order valence-corrected chi connectivity index (χ3v) is 6.20. The highest BCUT2D eigenvalue weighted by atomic mass is 32.2. The predicted molar refractivity (Wildman–Crippen MR) is 88.2 cm³/mol. The van der Waals surface area contributed by atoms with Gasteiger partial charge in [0.05, 0.1) is 10.8 Å². The first-order valence-electron chi connectivity index (χ1n) is 8.23. The van der Waals surface area contributed by atoms with Crippen LogP contribution in [0.25, 0.3) is 0 Å². The summed E-state index contributed by atoms with van der Waals surface area (Å²) in [7, 11) is -1.04. The monoisotopic (exact) mass is 320 g/mol. The van der Waals surface area contributed by atoms with Crippen molar-refractivity contribution in [2.24, 2.45) is 5.92 Å². The second-order valence-electron chi connectivity index (χ2n) is 6.19. The maximum atomic E-state index is 12.4. The molecule has 1 N–H and O–H groups in total. The Bertz CT molecular complexity index is 535. The Morgan fingerprint density at radius 3 is 2.77 bits per heavy atom. The number of hydrogen-bond acceptors (Lipinski definition) is 2. The van der Waals surface area contributed by atoms with Crippen molar-refractivity contribution in [3.8, 4) is 0 Å². The van der Waals surface area contributed by atoms with Crippen molar-refractivity contribution in [2.45, 2.75) is 43.0 Å². The van der Waals surface area contributed by atoms with E-state index in [1.807, 2.05) is 35.2 Å². The van der Waals surface area contributed by atoms with Crippen molar-refractivity contribution in [3.05, 3.63) is 30.3 Å². The summed E-state index contributed by atoms with van der Waals surface area (Å²) < 4.78 is 12.1. The van der Waals surface area contributed by atoms with Gasteiger partial charge in [-0.2, -0.15) is 0 Å². The summed E-state index contributed by atoms with van der Waals surface area (Å²) in [5.41, 5.74) is 0. The zero-order valence-corrected chi connectivity index (χ0v) is 13.7. The molecule has 2 fully saturated rings. The summed E-state index contributed by atoms with van der Waals surface area (Å²) in [6.07, 6.45) is 6.05. The lowest BCUT2D eigenvalue weighted by Gasteiger charge is -2.37. The summed E-state index contributed by atoms with van der Waals surface area (Å²) in [6.45, 7) is 1.34. The molecule has 5 heteroatoms. The molecule has 3 rings (SSSR count). The standard InChI is InChI=1S/C17H24N2O2S/c20-17(19-12-5-7-14-6-4-10-16(14)19)18-11-13-22(21)15-8-2-1-3-9-15/h1-3,8-9,14,16H,4-7,10-13H2,(H,18,20)/t14-,16-,22-/m1/s1. The topological polar surface area (TPSA) is 49.4 Å². The smallest absolute Gasteiger partial charge is 0.317 e. The number of carbonyl (C=O) groups excluding carboxylic acids is 1. The van der Waals surface area contributed by atoms with Crippen LogP contribution < -0.4 is 5.32 Å². The van der Waals surface area contributed by atoms with E-state index in [2.05, 4.69) is 5.32 Å². The van der Waals surface area contributed by atoms with Crippen molar-refractivity contribution < 1.29 is 9.00 Å². The van der Waals surface area contributed by atoms with Crippen molar-refractivity contribution in [3.63, 3.8) is 0 Å². The van der Waals surface area contributed by atoms with Gasteiger partial charge >= 0.3 is 6.03 Å². The van der Waals surface area contributed by atoms with Crippen LogP contribution >= 0.6 is 0 Å². The van der Waals surface area contributed by atoms with E-state index in [9.17, 15) is 9.00 Å². The van der Waals surface area contributed by atoms with Crippen molar-refractivity contribution in [1.82, 2.24) is 10.2 Å². The van der Waals surface area contributed by atoms with Gasteiger partial charge in [0, 0.05) is 29.8 Å². The summed E-state index contributed by atoms with van der Waals surface area (Å²) in [4.78, 5) is 15.2. The molecule has 22 heavy (non-hydrogen) atoms. The second-order valence-corrected chi connectivity index (χ2v) is 7.76. The molecule has 1 heterocycles. The molecule has 2 aliphatic rings. The Morgan fingerprint density at radius 1 is 1.18 bits per heavy atom. The van der Waals surface area contributed by atoms with Crippen molar-refractivity contribution in [1.29, 1.82) is 0 Å². The summed E-state index contributed by atoms with van der Waals surface area (Å²) in [5.74, 6) is 1.18. The molecule has 1 aliphatic heterocycles. The maximum Gasteiger partial charge on any atom is 0.317 e. The van der Waals surface area contributed by atoms with Crippen molar-refractivity contribution >= 4 is 16.8 Å². The van der Waals surface area contributed by atoms with E-state index in [-0.39, 0.29) is 6.03 Å². The number of nitrogens with zero attached hydrogens (tertiary/aromatic N) is 1. The van der Waals surface area contributed by atoms with E-state index in [4.69, 9.17) is 0 Å². The van der Waals surface area contributed by atoms with Gasteiger partial charge in [0.25, 0.3) is 0 Å². The molecule has 120 valence electrons. The van der Waals surface area contributed by atoms with Crippen molar-refractivity contribution in [2.75, 3.05) is 18.8 Å². The van der Waals surface area contributed by atoms with Crippen LogP contribution in [-0.2, 0) is 10.8 Å². The van der Waals surface area contributed by atoms with E-state index in [1.54, 1.807) is 0 Å². The van der Waals surface area contributed by atoms with E-state index in [0.29, 0.717) is 24.3 Å². The van der Waals surface area contributed by atoms with Crippen LogP contribution in [0.5, 0.6) is 0 Å². The Balaban J connectivity index is 1.47. The zero-order chi connectivity index (χ0) is 15.4. The molecule has 1 saturated carbocycles. The van der Waals surface area contributed by atoms with Gasteiger partial charge in [-0.1, -0.05) is 24.6 Å². The van der Waals surface area contributed by atoms with E-state index >= 15 is 0 Å². The highest BCUT2D eigenvalue weighted by Gasteiger charge is 2.37. The largest absolute Gasteiger partial charge is 0.337 e. The first kappa shape index (κ1) is 15.5. The molecular weight excluding hydrogens is 296 g/mol. The number of urea groups is 1. The number of fused-ring (bicyclic) bond motifs is 1. The quantitative estimate of drug-likeness (QED) is 0.927. The molecule has 1 aromatic rings. The number of nitrogens with one attached hydrogen (secondary N) is 1. The number of amides is 2. The zero-order valence-electron chi connectivity index (χ0n) is 12.9. The lowest BCUT2D eigenvalue weighted by atomic mass is 9.92. The van der Waals surface area contributed by atoms with E-state index in [0.717, 1.165) is 24.3 Å². The van der Waals surface area contributed by atoms with Crippen LogP contribution in [0.15, 0.2) is 35.2 Å². The number of benzene rings is 1. The van der Waals surface area contributed by atoms with Gasteiger partial charge in [0.15, 0.2) is 0 Å². The number of carbonyl (C=O) groups is 1.